The van der Waals surface area contributed by atoms with Crippen molar-refractivity contribution in [2.24, 2.45) is 0 Å². The standard InChI is InChI=1S/C9H9Cl2F2NO/c10-3-6(15)4-14-8-2-5(11)1-7(12)9(8)13/h1-2,6,14-15H,3-4H2. The van der Waals surface area contributed by atoms with E-state index < -0.39 is 17.7 Å². The van der Waals surface area contributed by atoms with Crippen molar-refractivity contribution in [3.05, 3.63) is 28.8 Å². The number of hydrogen-bond acceptors (Lipinski definition) is 2. The Morgan fingerprint density at radius 3 is 2.67 bits per heavy atom. The predicted molar refractivity (Wildman–Crippen MR) is 56.6 cm³/mol. The molecule has 0 aromatic heterocycles. The molecule has 2 nitrogen and oxygen atoms in total. The van der Waals surface area contributed by atoms with Gasteiger partial charge in [-0.25, -0.2) is 8.78 Å². The summed E-state index contributed by atoms with van der Waals surface area (Å²) in [5, 5.41) is 11.7. The maximum atomic E-state index is 13.1. The zero-order chi connectivity index (χ0) is 11.4. The van der Waals surface area contributed by atoms with E-state index in [1.165, 1.54) is 6.07 Å². The zero-order valence-electron chi connectivity index (χ0n) is 7.61. The summed E-state index contributed by atoms with van der Waals surface area (Å²) in [6, 6.07) is 2.11. The summed E-state index contributed by atoms with van der Waals surface area (Å²) in [5.41, 5.74) is -0.0934. The maximum Gasteiger partial charge on any atom is 0.181 e. The molecule has 0 saturated heterocycles. The van der Waals surface area contributed by atoms with Crippen LogP contribution in [0.4, 0.5) is 14.5 Å². The van der Waals surface area contributed by atoms with Gasteiger partial charge in [0.2, 0.25) is 0 Å². The number of alkyl halides is 1. The van der Waals surface area contributed by atoms with E-state index in [4.69, 9.17) is 28.3 Å². The summed E-state index contributed by atoms with van der Waals surface area (Å²) in [6.45, 7) is 0.0280. The van der Waals surface area contributed by atoms with Crippen LogP contribution in [0.2, 0.25) is 5.02 Å². The van der Waals surface area contributed by atoms with Gasteiger partial charge >= 0.3 is 0 Å². The number of anilines is 1. The average Bonchev–Trinajstić information content (AvgIpc) is 2.20. The Kier molecular flexibility index (Phi) is 4.57. The highest BCUT2D eigenvalue weighted by Gasteiger charge is 2.11. The Morgan fingerprint density at radius 2 is 2.07 bits per heavy atom. The molecule has 1 rings (SSSR count). The van der Waals surface area contributed by atoms with Gasteiger partial charge in [0.1, 0.15) is 0 Å². The molecule has 0 saturated carbocycles. The fourth-order valence-electron chi connectivity index (χ4n) is 0.967. The largest absolute Gasteiger partial charge is 0.390 e. The zero-order valence-corrected chi connectivity index (χ0v) is 9.12. The monoisotopic (exact) mass is 255 g/mol. The van der Waals surface area contributed by atoms with Crippen molar-refractivity contribution in [3.63, 3.8) is 0 Å². The van der Waals surface area contributed by atoms with Crippen LogP contribution in [0.15, 0.2) is 12.1 Å². The fraction of sp³-hybridized carbons (Fsp3) is 0.333. The van der Waals surface area contributed by atoms with E-state index in [-0.39, 0.29) is 23.1 Å². The lowest BCUT2D eigenvalue weighted by molar-refractivity contribution is 0.211. The fourth-order valence-corrected chi connectivity index (χ4v) is 1.28. The molecule has 0 aliphatic rings. The highest BCUT2D eigenvalue weighted by Crippen LogP contribution is 2.22. The molecule has 0 amide bonds. The Hall–Kier alpha value is -0.580. The van der Waals surface area contributed by atoms with E-state index in [1.807, 2.05) is 0 Å². The van der Waals surface area contributed by atoms with Crippen molar-refractivity contribution in [3.8, 4) is 0 Å². The quantitative estimate of drug-likeness (QED) is 0.641. The summed E-state index contributed by atoms with van der Waals surface area (Å²) in [4.78, 5) is 0. The minimum atomic E-state index is -1.04. The molecular weight excluding hydrogens is 247 g/mol. The molecule has 0 aliphatic heterocycles. The Bertz CT molecular complexity index is 349. The second-order valence-corrected chi connectivity index (χ2v) is 3.68. The van der Waals surface area contributed by atoms with Gasteiger partial charge in [0.05, 0.1) is 17.7 Å². The maximum absolute atomic E-state index is 13.1. The smallest absolute Gasteiger partial charge is 0.181 e. The van der Waals surface area contributed by atoms with Gasteiger partial charge in [-0.15, -0.1) is 11.6 Å². The summed E-state index contributed by atoms with van der Waals surface area (Å²) in [7, 11) is 0. The molecule has 15 heavy (non-hydrogen) atoms. The first-order chi connectivity index (χ1) is 7.04. The molecule has 1 atom stereocenters. The number of benzene rings is 1. The van der Waals surface area contributed by atoms with Crippen molar-refractivity contribution < 1.29 is 13.9 Å². The van der Waals surface area contributed by atoms with Gasteiger partial charge < -0.3 is 10.4 Å². The molecule has 84 valence electrons. The van der Waals surface area contributed by atoms with Crippen molar-refractivity contribution in [2.75, 3.05) is 17.7 Å². The number of hydrogen-bond donors (Lipinski definition) is 2. The normalized spacial score (nSPS) is 12.6. The number of aliphatic hydroxyl groups is 1. The van der Waals surface area contributed by atoms with E-state index in [0.29, 0.717) is 0 Å². The highest BCUT2D eigenvalue weighted by molar-refractivity contribution is 6.30. The van der Waals surface area contributed by atoms with E-state index in [9.17, 15) is 8.78 Å². The van der Waals surface area contributed by atoms with Crippen LogP contribution in [0.25, 0.3) is 0 Å². The van der Waals surface area contributed by atoms with Crippen LogP contribution in [0, 0.1) is 11.6 Å². The minimum absolute atomic E-state index is 0.0116. The van der Waals surface area contributed by atoms with Crippen molar-refractivity contribution in [1.29, 1.82) is 0 Å². The second kappa shape index (κ2) is 5.49. The molecule has 1 aromatic carbocycles. The number of aliphatic hydroxyl groups excluding tert-OH is 1. The van der Waals surface area contributed by atoms with Crippen molar-refractivity contribution in [1.82, 2.24) is 0 Å². The Labute approximate surface area is 95.8 Å². The van der Waals surface area contributed by atoms with E-state index in [2.05, 4.69) is 5.32 Å². The first kappa shape index (κ1) is 12.5. The lowest BCUT2D eigenvalue weighted by atomic mass is 10.2. The van der Waals surface area contributed by atoms with Crippen LogP contribution in [-0.2, 0) is 0 Å². The third-order valence-electron chi connectivity index (χ3n) is 1.70. The SMILES string of the molecule is OC(CCl)CNc1cc(Cl)cc(F)c1F. The van der Waals surface area contributed by atoms with Crippen LogP contribution in [0.1, 0.15) is 0 Å². The van der Waals surface area contributed by atoms with Crippen molar-refractivity contribution >= 4 is 28.9 Å². The number of nitrogens with one attached hydrogen (secondary N) is 1. The topological polar surface area (TPSA) is 32.3 Å². The molecular formula is C9H9Cl2F2NO. The van der Waals surface area contributed by atoms with Crippen LogP contribution in [0.5, 0.6) is 0 Å². The van der Waals surface area contributed by atoms with Crippen molar-refractivity contribution in [2.45, 2.75) is 6.10 Å². The first-order valence-electron chi connectivity index (χ1n) is 4.17. The molecule has 1 unspecified atom stereocenters. The predicted octanol–water partition coefficient (Wildman–Crippen LogP) is 2.63. The van der Waals surface area contributed by atoms with Gasteiger partial charge in [-0.05, 0) is 12.1 Å². The molecule has 0 heterocycles. The number of rotatable bonds is 4. The lowest BCUT2D eigenvalue weighted by Gasteiger charge is -2.11. The molecule has 0 fully saturated rings. The molecule has 1 aromatic rings. The highest BCUT2D eigenvalue weighted by atomic mass is 35.5. The van der Waals surface area contributed by atoms with Gasteiger partial charge in [0, 0.05) is 11.6 Å². The summed E-state index contributed by atoms with van der Waals surface area (Å²) < 4.78 is 26.0. The van der Waals surface area contributed by atoms with Gasteiger partial charge in [-0.1, -0.05) is 11.6 Å². The summed E-state index contributed by atoms with van der Waals surface area (Å²) >= 11 is 10.9. The molecule has 6 heteroatoms. The van der Waals surface area contributed by atoms with Crippen LogP contribution >= 0.6 is 23.2 Å². The van der Waals surface area contributed by atoms with Gasteiger partial charge in [-0.3, -0.25) is 0 Å². The van der Waals surface area contributed by atoms with Gasteiger partial charge in [0.15, 0.2) is 11.6 Å². The first-order valence-corrected chi connectivity index (χ1v) is 5.08. The molecule has 0 bridgehead atoms. The third kappa shape index (κ3) is 3.48. The third-order valence-corrected chi connectivity index (χ3v) is 2.27. The van der Waals surface area contributed by atoms with Crippen LogP contribution in [-0.4, -0.2) is 23.6 Å². The Morgan fingerprint density at radius 1 is 1.40 bits per heavy atom. The van der Waals surface area contributed by atoms with Crippen LogP contribution in [0.3, 0.4) is 0 Å². The van der Waals surface area contributed by atoms with E-state index in [0.717, 1.165) is 6.07 Å². The minimum Gasteiger partial charge on any atom is -0.390 e. The molecule has 0 radical (unpaired) electrons. The van der Waals surface area contributed by atoms with Crippen LogP contribution < -0.4 is 5.32 Å². The number of halogens is 4. The lowest BCUT2D eigenvalue weighted by Crippen LogP contribution is -2.21. The molecule has 0 spiro atoms. The van der Waals surface area contributed by atoms with Gasteiger partial charge in [0.25, 0.3) is 0 Å². The summed E-state index contributed by atoms with van der Waals surface area (Å²) in [5.74, 6) is -2.05. The Balaban J connectivity index is 2.76. The molecule has 2 N–H and O–H groups in total. The second-order valence-electron chi connectivity index (χ2n) is 2.94. The van der Waals surface area contributed by atoms with E-state index >= 15 is 0 Å². The van der Waals surface area contributed by atoms with E-state index in [1.54, 1.807) is 0 Å². The average molecular weight is 256 g/mol. The van der Waals surface area contributed by atoms with Gasteiger partial charge in [-0.2, -0.15) is 0 Å². The molecule has 0 aliphatic carbocycles. The summed E-state index contributed by atoms with van der Waals surface area (Å²) in [6.07, 6.45) is -0.826.